The number of aromatic nitrogens is 1. The van der Waals surface area contributed by atoms with Crippen LogP contribution in [-0.2, 0) is 4.74 Å². The van der Waals surface area contributed by atoms with Crippen LogP contribution in [0, 0.1) is 0 Å². The average Bonchev–Trinajstić information content (AvgIpc) is 2.72. The van der Waals surface area contributed by atoms with Gasteiger partial charge in [-0.1, -0.05) is 38.7 Å². The Morgan fingerprint density at radius 1 is 1.32 bits per heavy atom. The third kappa shape index (κ3) is 3.34. The van der Waals surface area contributed by atoms with Gasteiger partial charge < -0.3 is 10.1 Å². The molecule has 106 valence electrons. The number of methoxy groups -OCH3 is 1. The molecule has 1 N–H and O–H groups in total. The normalized spacial score (nSPS) is 20.7. The van der Waals surface area contributed by atoms with E-state index in [2.05, 4.69) is 23.3 Å². The lowest BCUT2D eigenvalue weighted by Crippen LogP contribution is -2.45. The Morgan fingerprint density at radius 2 is 2.05 bits per heavy atom. The molecule has 0 saturated heterocycles. The first-order valence-electron chi connectivity index (χ1n) is 7.51. The van der Waals surface area contributed by atoms with E-state index in [9.17, 15) is 0 Å². The van der Waals surface area contributed by atoms with Crippen molar-refractivity contribution < 1.29 is 4.74 Å². The maximum Gasteiger partial charge on any atom is 0.0873 e. The highest BCUT2D eigenvalue weighted by Gasteiger charge is 2.39. The van der Waals surface area contributed by atoms with Crippen molar-refractivity contribution in [3.63, 3.8) is 0 Å². The van der Waals surface area contributed by atoms with Crippen LogP contribution in [0.3, 0.4) is 0 Å². The van der Waals surface area contributed by atoms with Gasteiger partial charge in [0, 0.05) is 19.5 Å². The zero-order valence-corrected chi connectivity index (χ0v) is 12.2. The minimum absolute atomic E-state index is 0.0739. The molecule has 1 saturated carbocycles. The van der Waals surface area contributed by atoms with Crippen LogP contribution >= 0.6 is 0 Å². The van der Waals surface area contributed by atoms with Crippen molar-refractivity contribution in [1.29, 1.82) is 0 Å². The van der Waals surface area contributed by atoms with Gasteiger partial charge in [-0.2, -0.15) is 0 Å². The molecule has 3 heteroatoms. The minimum Gasteiger partial charge on any atom is -0.376 e. The average molecular weight is 262 g/mol. The molecule has 0 aliphatic heterocycles. The van der Waals surface area contributed by atoms with Crippen molar-refractivity contribution in [2.45, 2.75) is 57.1 Å². The second-order valence-corrected chi connectivity index (χ2v) is 5.46. The van der Waals surface area contributed by atoms with Crippen molar-refractivity contribution >= 4 is 0 Å². The standard InChI is InChI=1S/C16H26N2O/c1-3-18-15(14-9-8-12-17-13-14)16(19-2)10-6-4-5-7-11-16/h8-9,12-13,15,18H,3-7,10-11H2,1-2H3. The molecule has 2 rings (SSSR count). The van der Waals surface area contributed by atoms with Crippen LogP contribution in [-0.4, -0.2) is 24.2 Å². The van der Waals surface area contributed by atoms with E-state index in [1.54, 1.807) is 0 Å². The summed E-state index contributed by atoms with van der Waals surface area (Å²) in [4.78, 5) is 4.28. The summed E-state index contributed by atoms with van der Waals surface area (Å²) in [7, 11) is 1.87. The quantitative estimate of drug-likeness (QED) is 0.825. The zero-order valence-electron chi connectivity index (χ0n) is 12.2. The number of hydrogen-bond donors (Lipinski definition) is 1. The summed E-state index contributed by atoms with van der Waals surface area (Å²) in [5.41, 5.74) is 1.17. The summed E-state index contributed by atoms with van der Waals surface area (Å²) < 4.78 is 6.04. The molecule has 3 nitrogen and oxygen atoms in total. The second-order valence-electron chi connectivity index (χ2n) is 5.46. The molecule has 1 aliphatic rings. The fraction of sp³-hybridized carbons (Fsp3) is 0.688. The van der Waals surface area contributed by atoms with Gasteiger partial charge >= 0.3 is 0 Å². The fourth-order valence-electron chi connectivity index (χ4n) is 3.30. The smallest absolute Gasteiger partial charge is 0.0873 e. The van der Waals surface area contributed by atoms with Gasteiger partial charge in [0.1, 0.15) is 0 Å². The van der Waals surface area contributed by atoms with Crippen LogP contribution < -0.4 is 5.32 Å². The second kappa shape index (κ2) is 7.01. The number of rotatable bonds is 5. The number of pyridine rings is 1. The first-order valence-corrected chi connectivity index (χ1v) is 7.51. The van der Waals surface area contributed by atoms with Crippen LogP contribution in [0.2, 0.25) is 0 Å². The third-order valence-corrected chi connectivity index (χ3v) is 4.31. The van der Waals surface area contributed by atoms with Crippen molar-refractivity contribution in [2.24, 2.45) is 0 Å². The third-order valence-electron chi connectivity index (χ3n) is 4.31. The highest BCUT2D eigenvalue weighted by Crippen LogP contribution is 2.39. The van der Waals surface area contributed by atoms with Crippen molar-refractivity contribution in [3.05, 3.63) is 30.1 Å². The van der Waals surface area contributed by atoms with E-state index in [0.29, 0.717) is 0 Å². The van der Waals surface area contributed by atoms with E-state index in [1.165, 1.54) is 31.2 Å². The molecule has 1 aromatic heterocycles. The molecule has 1 fully saturated rings. The lowest BCUT2D eigenvalue weighted by Gasteiger charge is -2.40. The van der Waals surface area contributed by atoms with Gasteiger partial charge in [0.25, 0.3) is 0 Å². The van der Waals surface area contributed by atoms with Gasteiger partial charge in [-0.3, -0.25) is 4.98 Å². The Morgan fingerprint density at radius 3 is 2.58 bits per heavy atom. The van der Waals surface area contributed by atoms with Crippen LogP contribution in [0.15, 0.2) is 24.5 Å². The number of nitrogens with one attached hydrogen (secondary N) is 1. The molecule has 0 amide bonds. The van der Waals surface area contributed by atoms with E-state index in [0.717, 1.165) is 19.4 Å². The SMILES string of the molecule is CCNC(c1cccnc1)C1(OC)CCCCCC1. The van der Waals surface area contributed by atoms with E-state index in [1.807, 2.05) is 25.6 Å². The van der Waals surface area contributed by atoms with Gasteiger partial charge in [0.2, 0.25) is 0 Å². The van der Waals surface area contributed by atoms with Gasteiger partial charge in [-0.05, 0) is 31.0 Å². The molecule has 1 aliphatic carbocycles. The molecule has 0 spiro atoms. The molecule has 0 radical (unpaired) electrons. The molecular formula is C16H26N2O. The Kier molecular flexibility index (Phi) is 5.34. The molecule has 1 unspecified atom stereocenters. The molecule has 0 aromatic carbocycles. The predicted molar refractivity (Wildman–Crippen MR) is 78.1 cm³/mol. The summed E-state index contributed by atoms with van der Waals surface area (Å²) in [5, 5.41) is 3.62. The number of nitrogens with zero attached hydrogens (tertiary/aromatic N) is 1. The van der Waals surface area contributed by atoms with Gasteiger partial charge in [-0.25, -0.2) is 0 Å². The topological polar surface area (TPSA) is 34.2 Å². The molecule has 1 atom stereocenters. The summed E-state index contributed by atoms with van der Waals surface area (Å²) in [5.74, 6) is 0. The summed E-state index contributed by atoms with van der Waals surface area (Å²) in [6, 6.07) is 4.42. The lowest BCUT2D eigenvalue weighted by atomic mass is 9.82. The lowest BCUT2D eigenvalue weighted by molar-refractivity contribution is -0.0537. The summed E-state index contributed by atoms with van der Waals surface area (Å²) >= 11 is 0. The monoisotopic (exact) mass is 262 g/mol. The van der Waals surface area contributed by atoms with E-state index < -0.39 is 0 Å². The Labute approximate surface area is 116 Å². The maximum absolute atomic E-state index is 6.04. The van der Waals surface area contributed by atoms with Crippen molar-refractivity contribution in [2.75, 3.05) is 13.7 Å². The highest BCUT2D eigenvalue weighted by molar-refractivity contribution is 5.19. The number of hydrogen-bond acceptors (Lipinski definition) is 3. The highest BCUT2D eigenvalue weighted by atomic mass is 16.5. The molecule has 1 heterocycles. The van der Waals surface area contributed by atoms with E-state index in [-0.39, 0.29) is 11.6 Å². The first-order chi connectivity index (χ1) is 9.32. The van der Waals surface area contributed by atoms with Crippen LogP contribution in [0.1, 0.15) is 57.1 Å². The van der Waals surface area contributed by atoms with Crippen molar-refractivity contribution in [1.82, 2.24) is 10.3 Å². The van der Waals surface area contributed by atoms with Gasteiger partial charge in [0.15, 0.2) is 0 Å². The van der Waals surface area contributed by atoms with Crippen molar-refractivity contribution in [3.8, 4) is 0 Å². The minimum atomic E-state index is -0.0739. The molecule has 0 bridgehead atoms. The van der Waals surface area contributed by atoms with Gasteiger partial charge in [0.05, 0.1) is 11.6 Å². The van der Waals surface area contributed by atoms with Crippen LogP contribution in [0.25, 0.3) is 0 Å². The number of likely N-dealkylation sites (N-methyl/N-ethyl adjacent to an activating group) is 1. The molecule has 19 heavy (non-hydrogen) atoms. The van der Waals surface area contributed by atoms with Gasteiger partial charge in [-0.15, -0.1) is 0 Å². The van der Waals surface area contributed by atoms with E-state index in [4.69, 9.17) is 4.74 Å². The summed E-state index contributed by atoms with van der Waals surface area (Å²) in [6.45, 7) is 3.11. The predicted octanol–water partition coefficient (Wildman–Crippen LogP) is 3.47. The Balaban J connectivity index is 2.29. The maximum atomic E-state index is 6.04. The fourth-order valence-corrected chi connectivity index (χ4v) is 3.30. The Hall–Kier alpha value is -0.930. The largest absolute Gasteiger partial charge is 0.376 e. The summed E-state index contributed by atoms with van der Waals surface area (Å²) in [6.07, 6.45) is 11.3. The molecular weight excluding hydrogens is 236 g/mol. The first kappa shape index (κ1) is 14.5. The van der Waals surface area contributed by atoms with Crippen LogP contribution in [0.5, 0.6) is 0 Å². The zero-order chi connectivity index (χ0) is 13.6. The number of ether oxygens (including phenoxy) is 1. The Bertz CT molecular complexity index is 358. The molecule has 1 aromatic rings. The van der Waals surface area contributed by atoms with E-state index >= 15 is 0 Å². The van der Waals surface area contributed by atoms with Crippen LogP contribution in [0.4, 0.5) is 0 Å².